The third kappa shape index (κ3) is 2.46. The number of hydrogen-bond donors (Lipinski definition) is 0. The lowest BCUT2D eigenvalue weighted by Crippen LogP contribution is -2.36. The minimum atomic E-state index is 0.777. The van der Waals surface area contributed by atoms with Crippen molar-refractivity contribution in [2.45, 2.75) is 0 Å². The Labute approximate surface area is 103 Å². The van der Waals surface area contributed by atoms with Crippen molar-refractivity contribution in [2.75, 3.05) is 31.2 Å². The highest BCUT2D eigenvalue weighted by atomic mass is 127. The van der Waals surface area contributed by atoms with Crippen LogP contribution in [0.4, 0.5) is 11.5 Å². The standard InChI is InChI=1S/C10H12IN3O/c1-12-9-7-13-10(6-8(9)11)14-2-4-15-5-3-14/h6-7H,1-5H2. The molecule has 0 radical (unpaired) electrons. The van der Waals surface area contributed by atoms with Crippen LogP contribution in [0, 0.1) is 3.57 Å². The van der Waals surface area contributed by atoms with Gasteiger partial charge in [-0.1, -0.05) is 0 Å². The van der Waals surface area contributed by atoms with Crippen LogP contribution >= 0.6 is 22.6 Å². The molecule has 1 saturated heterocycles. The van der Waals surface area contributed by atoms with E-state index in [9.17, 15) is 0 Å². The zero-order valence-electron chi connectivity index (χ0n) is 8.32. The van der Waals surface area contributed by atoms with Gasteiger partial charge < -0.3 is 9.64 Å². The van der Waals surface area contributed by atoms with Gasteiger partial charge in [-0.05, 0) is 35.4 Å². The van der Waals surface area contributed by atoms with Crippen LogP contribution in [0.15, 0.2) is 17.3 Å². The fourth-order valence-electron chi connectivity index (χ4n) is 1.50. The van der Waals surface area contributed by atoms with Crippen molar-refractivity contribution in [3.8, 4) is 0 Å². The molecule has 0 unspecified atom stereocenters. The molecule has 2 heterocycles. The zero-order valence-corrected chi connectivity index (χ0v) is 10.5. The summed E-state index contributed by atoms with van der Waals surface area (Å²) in [5.41, 5.74) is 0.840. The summed E-state index contributed by atoms with van der Waals surface area (Å²) in [4.78, 5) is 10.5. The second-order valence-electron chi connectivity index (χ2n) is 3.25. The molecule has 0 saturated carbocycles. The molecule has 1 aromatic rings. The maximum atomic E-state index is 5.30. The molecular weight excluding hydrogens is 305 g/mol. The largest absolute Gasteiger partial charge is 0.378 e. The average Bonchev–Trinajstić information content (AvgIpc) is 2.30. The number of anilines is 1. The lowest BCUT2D eigenvalue weighted by Gasteiger charge is -2.27. The SMILES string of the molecule is C=Nc1cnc(N2CCOCC2)cc1I. The summed E-state index contributed by atoms with van der Waals surface area (Å²) in [7, 11) is 0. The number of pyridine rings is 1. The number of hydrogen-bond acceptors (Lipinski definition) is 4. The van der Waals surface area contributed by atoms with E-state index in [1.165, 1.54) is 0 Å². The second-order valence-corrected chi connectivity index (χ2v) is 4.41. The number of rotatable bonds is 2. The number of aliphatic imine (C=N–C) groups is 1. The van der Waals surface area contributed by atoms with Gasteiger partial charge in [0.05, 0.1) is 25.1 Å². The predicted molar refractivity (Wildman–Crippen MR) is 69.2 cm³/mol. The van der Waals surface area contributed by atoms with Gasteiger partial charge in [0.1, 0.15) is 5.82 Å². The van der Waals surface area contributed by atoms with E-state index in [0.717, 1.165) is 41.4 Å². The molecule has 2 rings (SSSR count). The number of aromatic nitrogens is 1. The normalized spacial score (nSPS) is 16.5. The van der Waals surface area contributed by atoms with Crippen LogP contribution in [-0.2, 0) is 4.74 Å². The van der Waals surface area contributed by atoms with Gasteiger partial charge in [-0.2, -0.15) is 0 Å². The topological polar surface area (TPSA) is 37.7 Å². The van der Waals surface area contributed by atoms with Gasteiger partial charge in [0.2, 0.25) is 0 Å². The zero-order chi connectivity index (χ0) is 10.7. The van der Waals surface area contributed by atoms with Crippen molar-refractivity contribution >= 4 is 40.8 Å². The lowest BCUT2D eigenvalue weighted by atomic mass is 10.3. The van der Waals surface area contributed by atoms with Gasteiger partial charge in [-0.25, -0.2) is 4.98 Å². The first-order valence-corrected chi connectivity index (χ1v) is 5.84. The van der Waals surface area contributed by atoms with Crippen LogP contribution in [0.5, 0.6) is 0 Å². The first-order valence-electron chi connectivity index (χ1n) is 4.76. The molecule has 1 aromatic heterocycles. The predicted octanol–water partition coefficient (Wildman–Crippen LogP) is 1.85. The fourth-order valence-corrected chi connectivity index (χ4v) is 2.08. The quantitative estimate of drug-likeness (QED) is 0.617. The molecule has 0 amide bonds. The van der Waals surface area contributed by atoms with Crippen molar-refractivity contribution in [3.05, 3.63) is 15.8 Å². The van der Waals surface area contributed by atoms with E-state index in [1.807, 2.05) is 6.07 Å². The molecule has 0 bridgehead atoms. The van der Waals surface area contributed by atoms with Crippen molar-refractivity contribution in [3.63, 3.8) is 0 Å². The van der Waals surface area contributed by atoms with E-state index in [2.05, 4.69) is 44.2 Å². The number of nitrogens with zero attached hydrogens (tertiary/aromatic N) is 3. The summed E-state index contributed by atoms with van der Waals surface area (Å²) in [6, 6.07) is 2.04. The van der Waals surface area contributed by atoms with Crippen LogP contribution in [0.1, 0.15) is 0 Å². The third-order valence-corrected chi connectivity index (χ3v) is 3.19. The molecule has 1 fully saturated rings. The molecular formula is C10H12IN3O. The minimum absolute atomic E-state index is 0.777. The smallest absolute Gasteiger partial charge is 0.129 e. The van der Waals surface area contributed by atoms with Gasteiger partial charge in [0.15, 0.2) is 0 Å². The van der Waals surface area contributed by atoms with Crippen molar-refractivity contribution < 1.29 is 4.74 Å². The van der Waals surface area contributed by atoms with Gasteiger partial charge in [0, 0.05) is 16.7 Å². The molecule has 15 heavy (non-hydrogen) atoms. The molecule has 0 atom stereocenters. The Balaban J connectivity index is 2.21. The van der Waals surface area contributed by atoms with E-state index in [1.54, 1.807) is 6.20 Å². The Hall–Kier alpha value is -0.690. The molecule has 0 aromatic carbocycles. The molecule has 5 heteroatoms. The van der Waals surface area contributed by atoms with Crippen LogP contribution in [0.25, 0.3) is 0 Å². The molecule has 1 aliphatic heterocycles. The Morgan fingerprint density at radius 1 is 1.47 bits per heavy atom. The number of morpholine rings is 1. The summed E-state index contributed by atoms with van der Waals surface area (Å²) < 4.78 is 6.38. The fraction of sp³-hybridized carbons (Fsp3) is 0.400. The highest BCUT2D eigenvalue weighted by molar-refractivity contribution is 14.1. The summed E-state index contributed by atoms with van der Waals surface area (Å²) in [6.45, 7) is 6.87. The Morgan fingerprint density at radius 2 is 2.20 bits per heavy atom. The lowest BCUT2D eigenvalue weighted by molar-refractivity contribution is 0.122. The Bertz CT molecular complexity index is 364. The summed E-state index contributed by atoms with van der Waals surface area (Å²) >= 11 is 2.25. The van der Waals surface area contributed by atoms with Crippen molar-refractivity contribution in [1.82, 2.24) is 4.98 Å². The van der Waals surface area contributed by atoms with E-state index < -0.39 is 0 Å². The average molecular weight is 317 g/mol. The molecule has 80 valence electrons. The highest BCUT2D eigenvalue weighted by Crippen LogP contribution is 2.24. The van der Waals surface area contributed by atoms with Crippen molar-refractivity contribution in [2.24, 2.45) is 4.99 Å². The third-order valence-electron chi connectivity index (χ3n) is 2.33. The van der Waals surface area contributed by atoms with Gasteiger partial charge in [0.25, 0.3) is 0 Å². The maximum Gasteiger partial charge on any atom is 0.129 e. The Morgan fingerprint density at radius 3 is 2.80 bits per heavy atom. The van der Waals surface area contributed by atoms with Gasteiger partial charge >= 0.3 is 0 Å². The summed E-state index contributed by atoms with van der Waals surface area (Å²) in [5.74, 6) is 0.995. The highest BCUT2D eigenvalue weighted by Gasteiger charge is 2.13. The van der Waals surface area contributed by atoms with Crippen LogP contribution in [-0.4, -0.2) is 38.0 Å². The van der Waals surface area contributed by atoms with Gasteiger partial charge in [-0.15, -0.1) is 0 Å². The monoisotopic (exact) mass is 317 g/mol. The van der Waals surface area contributed by atoms with Crippen molar-refractivity contribution in [1.29, 1.82) is 0 Å². The van der Waals surface area contributed by atoms with E-state index >= 15 is 0 Å². The van der Waals surface area contributed by atoms with E-state index in [0.29, 0.717) is 0 Å². The second kappa shape index (κ2) is 4.89. The molecule has 0 aliphatic carbocycles. The van der Waals surface area contributed by atoms with E-state index in [4.69, 9.17) is 4.74 Å². The molecule has 0 spiro atoms. The first kappa shape index (κ1) is 10.8. The minimum Gasteiger partial charge on any atom is -0.378 e. The first-order chi connectivity index (χ1) is 7.31. The van der Waals surface area contributed by atoms with Crippen LogP contribution < -0.4 is 4.90 Å². The summed E-state index contributed by atoms with van der Waals surface area (Å²) in [5, 5.41) is 0. The van der Waals surface area contributed by atoms with Crippen LogP contribution in [0.3, 0.4) is 0 Å². The number of halogens is 1. The maximum absolute atomic E-state index is 5.30. The molecule has 4 nitrogen and oxygen atoms in total. The van der Waals surface area contributed by atoms with Crippen LogP contribution in [0.2, 0.25) is 0 Å². The number of ether oxygens (including phenoxy) is 1. The Kier molecular flexibility index (Phi) is 3.53. The summed E-state index contributed by atoms with van der Waals surface area (Å²) in [6.07, 6.45) is 1.76. The molecule has 1 aliphatic rings. The van der Waals surface area contributed by atoms with Gasteiger partial charge in [-0.3, -0.25) is 4.99 Å². The van der Waals surface area contributed by atoms with E-state index in [-0.39, 0.29) is 0 Å². The molecule has 0 N–H and O–H groups in total.